The van der Waals surface area contributed by atoms with Crippen molar-refractivity contribution in [2.75, 3.05) is 33.0 Å². The van der Waals surface area contributed by atoms with E-state index in [1.165, 1.54) is 0 Å². The molecule has 0 aromatic heterocycles. The Labute approximate surface area is 104 Å². The molecule has 17 heavy (non-hydrogen) atoms. The molecular formula is C13H25NO3. The van der Waals surface area contributed by atoms with Crippen LogP contribution in [0.25, 0.3) is 0 Å². The Hall–Kier alpha value is -0.710. The standard InChI is InChI=1S/C13H25NO3/c1-4-13(15)11-17-9-6-5-8-16-10-7-14-12(2)3/h5-6,12,14H,4,7-11H2,1-3H3/b6-5-. The molecular weight excluding hydrogens is 218 g/mol. The Kier molecular flexibility index (Phi) is 11.3. The molecule has 4 nitrogen and oxygen atoms in total. The van der Waals surface area contributed by atoms with E-state index < -0.39 is 0 Å². The second kappa shape index (κ2) is 11.8. The predicted molar refractivity (Wildman–Crippen MR) is 69.2 cm³/mol. The van der Waals surface area contributed by atoms with Crippen LogP contribution in [0.15, 0.2) is 12.2 Å². The number of ether oxygens (including phenoxy) is 2. The summed E-state index contributed by atoms with van der Waals surface area (Å²) in [5.41, 5.74) is 0. The van der Waals surface area contributed by atoms with Crippen molar-refractivity contribution in [2.45, 2.75) is 33.2 Å². The maximum Gasteiger partial charge on any atom is 0.158 e. The van der Waals surface area contributed by atoms with Gasteiger partial charge in [-0.15, -0.1) is 0 Å². The molecule has 4 heteroatoms. The summed E-state index contributed by atoms with van der Waals surface area (Å²) in [6, 6.07) is 0.499. The van der Waals surface area contributed by atoms with Crippen LogP contribution in [-0.2, 0) is 14.3 Å². The Morgan fingerprint density at radius 3 is 2.47 bits per heavy atom. The lowest BCUT2D eigenvalue weighted by molar-refractivity contribution is -0.122. The molecule has 0 aromatic carbocycles. The van der Waals surface area contributed by atoms with Gasteiger partial charge < -0.3 is 14.8 Å². The van der Waals surface area contributed by atoms with Crippen molar-refractivity contribution >= 4 is 5.78 Å². The summed E-state index contributed by atoms with van der Waals surface area (Å²) < 4.78 is 10.5. The van der Waals surface area contributed by atoms with Crippen molar-refractivity contribution in [3.63, 3.8) is 0 Å². The van der Waals surface area contributed by atoms with Crippen LogP contribution in [0.1, 0.15) is 27.2 Å². The number of Topliss-reactive ketones (excluding diaryl/α,β-unsaturated/α-hetero) is 1. The molecule has 0 fully saturated rings. The maximum absolute atomic E-state index is 10.9. The van der Waals surface area contributed by atoms with E-state index in [0.717, 1.165) is 6.54 Å². The Bertz CT molecular complexity index is 215. The average molecular weight is 243 g/mol. The summed E-state index contributed by atoms with van der Waals surface area (Å²) in [6.07, 6.45) is 4.32. The molecule has 0 bridgehead atoms. The molecule has 0 saturated heterocycles. The van der Waals surface area contributed by atoms with Crippen molar-refractivity contribution in [1.82, 2.24) is 5.32 Å². The van der Waals surface area contributed by atoms with Crippen molar-refractivity contribution in [3.05, 3.63) is 12.2 Å². The molecule has 0 rings (SSSR count). The molecule has 0 amide bonds. The van der Waals surface area contributed by atoms with Gasteiger partial charge in [-0.3, -0.25) is 4.79 Å². The molecule has 0 aromatic rings. The zero-order chi connectivity index (χ0) is 12.9. The van der Waals surface area contributed by atoms with E-state index in [9.17, 15) is 4.79 Å². The second-order valence-electron chi connectivity index (χ2n) is 4.06. The molecule has 0 heterocycles. The molecule has 0 unspecified atom stereocenters. The first-order valence-electron chi connectivity index (χ1n) is 6.22. The minimum absolute atomic E-state index is 0.134. The first kappa shape index (κ1) is 16.3. The zero-order valence-corrected chi connectivity index (χ0v) is 11.2. The predicted octanol–water partition coefficient (Wildman–Crippen LogP) is 1.55. The summed E-state index contributed by atoms with van der Waals surface area (Å²) >= 11 is 0. The van der Waals surface area contributed by atoms with Crippen LogP contribution >= 0.6 is 0 Å². The molecule has 0 atom stereocenters. The minimum atomic E-state index is 0.134. The lowest BCUT2D eigenvalue weighted by Crippen LogP contribution is -2.26. The van der Waals surface area contributed by atoms with Crippen LogP contribution in [0.5, 0.6) is 0 Å². The number of carbonyl (C=O) groups excluding carboxylic acids is 1. The summed E-state index contributed by atoms with van der Waals surface area (Å²) in [6.45, 7) is 8.89. The van der Waals surface area contributed by atoms with Crippen molar-refractivity contribution in [3.8, 4) is 0 Å². The van der Waals surface area contributed by atoms with E-state index in [1.807, 2.05) is 19.1 Å². The fourth-order valence-electron chi connectivity index (χ4n) is 1.05. The van der Waals surface area contributed by atoms with Gasteiger partial charge in [-0.2, -0.15) is 0 Å². The van der Waals surface area contributed by atoms with E-state index in [2.05, 4.69) is 19.2 Å². The maximum atomic E-state index is 10.9. The van der Waals surface area contributed by atoms with E-state index >= 15 is 0 Å². The first-order valence-corrected chi connectivity index (χ1v) is 6.22. The van der Waals surface area contributed by atoms with Gasteiger partial charge in [-0.05, 0) is 0 Å². The highest BCUT2D eigenvalue weighted by Crippen LogP contribution is 1.85. The van der Waals surface area contributed by atoms with Crippen LogP contribution in [0.4, 0.5) is 0 Å². The fraction of sp³-hybridized carbons (Fsp3) is 0.769. The summed E-state index contributed by atoms with van der Waals surface area (Å²) in [4.78, 5) is 10.9. The van der Waals surface area contributed by atoms with Gasteiger partial charge in [0, 0.05) is 19.0 Å². The third-order valence-corrected chi connectivity index (χ3v) is 2.05. The van der Waals surface area contributed by atoms with E-state index in [4.69, 9.17) is 9.47 Å². The Morgan fingerprint density at radius 2 is 1.88 bits per heavy atom. The Morgan fingerprint density at radius 1 is 1.24 bits per heavy atom. The van der Waals surface area contributed by atoms with E-state index in [1.54, 1.807) is 0 Å². The van der Waals surface area contributed by atoms with Gasteiger partial charge in [-0.25, -0.2) is 0 Å². The smallest absolute Gasteiger partial charge is 0.158 e. The quantitative estimate of drug-likeness (QED) is 0.442. The third kappa shape index (κ3) is 13.2. The highest BCUT2D eigenvalue weighted by Gasteiger charge is 1.95. The molecule has 0 spiro atoms. The summed E-state index contributed by atoms with van der Waals surface area (Å²) in [5, 5.41) is 3.26. The molecule has 0 aliphatic rings. The fourth-order valence-corrected chi connectivity index (χ4v) is 1.05. The molecule has 1 N–H and O–H groups in total. The SMILES string of the molecule is CCC(=O)COC/C=C\COCCNC(C)C. The number of nitrogens with one attached hydrogen (secondary N) is 1. The van der Waals surface area contributed by atoms with Crippen molar-refractivity contribution in [2.24, 2.45) is 0 Å². The lowest BCUT2D eigenvalue weighted by Gasteiger charge is -2.07. The van der Waals surface area contributed by atoms with Crippen LogP contribution in [0.2, 0.25) is 0 Å². The van der Waals surface area contributed by atoms with Gasteiger partial charge in [0.15, 0.2) is 5.78 Å². The van der Waals surface area contributed by atoms with Gasteiger partial charge in [0.1, 0.15) is 6.61 Å². The van der Waals surface area contributed by atoms with Gasteiger partial charge in [0.2, 0.25) is 0 Å². The minimum Gasteiger partial charge on any atom is -0.376 e. The van der Waals surface area contributed by atoms with E-state index in [0.29, 0.717) is 32.3 Å². The van der Waals surface area contributed by atoms with Crippen LogP contribution in [0.3, 0.4) is 0 Å². The number of hydrogen-bond donors (Lipinski definition) is 1. The van der Waals surface area contributed by atoms with Crippen LogP contribution < -0.4 is 5.32 Å². The summed E-state index contributed by atoms with van der Waals surface area (Å²) in [5.74, 6) is 0.134. The highest BCUT2D eigenvalue weighted by atomic mass is 16.5. The van der Waals surface area contributed by atoms with Gasteiger partial charge >= 0.3 is 0 Å². The molecule has 0 radical (unpaired) electrons. The molecule has 0 saturated carbocycles. The molecule has 0 aliphatic heterocycles. The van der Waals surface area contributed by atoms with Crippen LogP contribution in [-0.4, -0.2) is 44.8 Å². The van der Waals surface area contributed by atoms with E-state index in [-0.39, 0.29) is 12.4 Å². The zero-order valence-electron chi connectivity index (χ0n) is 11.2. The molecule has 0 aliphatic carbocycles. The second-order valence-corrected chi connectivity index (χ2v) is 4.06. The summed E-state index contributed by atoms with van der Waals surface area (Å²) in [7, 11) is 0. The van der Waals surface area contributed by atoms with Gasteiger partial charge in [-0.1, -0.05) is 32.9 Å². The number of carbonyl (C=O) groups is 1. The highest BCUT2D eigenvalue weighted by molar-refractivity contribution is 5.79. The average Bonchev–Trinajstić information content (AvgIpc) is 2.30. The monoisotopic (exact) mass is 243 g/mol. The van der Waals surface area contributed by atoms with Crippen molar-refractivity contribution < 1.29 is 14.3 Å². The topological polar surface area (TPSA) is 47.6 Å². The Balaban J connectivity index is 3.17. The first-order chi connectivity index (χ1) is 8.16. The van der Waals surface area contributed by atoms with Crippen molar-refractivity contribution in [1.29, 1.82) is 0 Å². The van der Waals surface area contributed by atoms with Gasteiger partial charge in [0.05, 0.1) is 19.8 Å². The van der Waals surface area contributed by atoms with Gasteiger partial charge in [0.25, 0.3) is 0 Å². The lowest BCUT2D eigenvalue weighted by atomic mass is 10.3. The number of rotatable bonds is 11. The third-order valence-electron chi connectivity index (χ3n) is 2.05. The number of ketones is 1. The largest absolute Gasteiger partial charge is 0.376 e. The molecule has 100 valence electrons. The van der Waals surface area contributed by atoms with Crippen LogP contribution in [0, 0.1) is 0 Å². The number of hydrogen-bond acceptors (Lipinski definition) is 4. The normalized spacial score (nSPS) is 11.5.